The summed E-state index contributed by atoms with van der Waals surface area (Å²) in [6.07, 6.45) is -3.68. The molecule has 0 aliphatic rings. The number of hydrogen-bond acceptors (Lipinski definition) is 1. The number of halogens is 4. The van der Waals surface area contributed by atoms with Crippen LogP contribution in [0, 0.1) is 5.82 Å². The summed E-state index contributed by atoms with van der Waals surface area (Å²) in [7, 11) is 0. The van der Waals surface area contributed by atoms with Crippen LogP contribution in [0.3, 0.4) is 0 Å². The molecule has 1 atom stereocenters. The fourth-order valence-corrected chi connectivity index (χ4v) is 1.78. The molecule has 0 fully saturated rings. The van der Waals surface area contributed by atoms with Gasteiger partial charge < -0.3 is 5.32 Å². The molecule has 0 radical (unpaired) electrons. The molecule has 0 spiro atoms. The van der Waals surface area contributed by atoms with E-state index in [9.17, 15) is 17.6 Å². The Morgan fingerprint density at radius 1 is 1.37 bits per heavy atom. The maximum Gasteiger partial charge on any atom is 0.416 e. The van der Waals surface area contributed by atoms with Crippen molar-refractivity contribution in [2.45, 2.75) is 32.5 Å². The fraction of sp³-hybridized carbons (Fsp3) is 0.429. The molecule has 1 N–H and O–H groups in total. The molecule has 0 aliphatic carbocycles. The second-order valence-electron chi connectivity index (χ2n) is 4.47. The number of hydrogen-bond donors (Lipinski definition) is 1. The van der Waals surface area contributed by atoms with E-state index < -0.39 is 23.6 Å². The van der Waals surface area contributed by atoms with Gasteiger partial charge in [0.2, 0.25) is 0 Å². The summed E-state index contributed by atoms with van der Waals surface area (Å²) in [6, 6.07) is 1.83. The van der Waals surface area contributed by atoms with E-state index in [1.165, 1.54) is 0 Å². The van der Waals surface area contributed by atoms with Gasteiger partial charge in [-0.25, -0.2) is 4.39 Å². The molecule has 1 nitrogen and oxygen atoms in total. The van der Waals surface area contributed by atoms with Crippen LogP contribution >= 0.6 is 0 Å². The van der Waals surface area contributed by atoms with Gasteiger partial charge in [-0.3, -0.25) is 0 Å². The number of alkyl halides is 3. The molecular formula is C14H17F4N. The summed E-state index contributed by atoms with van der Waals surface area (Å²) in [5.74, 6) is -0.662. The lowest BCUT2D eigenvalue weighted by atomic mass is 9.98. The van der Waals surface area contributed by atoms with Crippen LogP contribution in [0.2, 0.25) is 0 Å². The zero-order chi connectivity index (χ0) is 14.6. The van der Waals surface area contributed by atoms with Crippen molar-refractivity contribution in [1.29, 1.82) is 0 Å². The summed E-state index contributed by atoms with van der Waals surface area (Å²) in [6.45, 7) is 7.87. The standard InChI is InChI=1S/C14H17F4N/c1-4-7-19-13(9(2)3)11-8-10(14(16,17)18)5-6-12(11)15/h5-6,8,13,19H,2,4,7H2,1,3H3. The Kier molecular flexibility index (Phi) is 5.11. The van der Waals surface area contributed by atoms with Crippen LogP contribution in [-0.2, 0) is 6.18 Å². The van der Waals surface area contributed by atoms with Crippen molar-refractivity contribution >= 4 is 0 Å². The molecule has 0 aliphatic heterocycles. The first-order valence-corrected chi connectivity index (χ1v) is 6.02. The second kappa shape index (κ2) is 6.19. The summed E-state index contributed by atoms with van der Waals surface area (Å²) in [5, 5.41) is 3.00. The highest BCUT2D eigenvalue weighted by Gasteiger charge is 2.32. The third-order valence-corrected chi connectivity index (χ3v) is 2.73. The van der Waals surface area contributed by atoms with E-state index in [1.54, 1.807) is 6.92 Å². The number of nitrogens with one attached hydrogen (secondary N) is 1. The van der Waals surface area contributed by atoms with Crippen LogP contribution in [0.1, 0.15) is 37.4 Å². The minimum absolute atomic E-state index is 0.0178. The molecule has 5 heteroatoms. The first-order chi connectivity index (χ1) is 8.77. The number of rotatable bonds is 5. The molecular weight excluding hydrogens is 258 g/mol. The average molecular weight is 275 g/mol. The van der Waals surface area contributed by atoms with E-state index in [0.29, 0.717) is 12.1 Å². The molecule has 0 bridgehead atoms. The Morgan fingerprint density at radius 2 is 2.00 bits per heavy atom. The summed E-state index contributed by atoms with van der Waals surface area (Å²) >= 11 is 0. The molecule has 0 saturated heterocycles. The highest BCUT2D eigenvalue weighted by atomic mass is 19.4. The maximum atomic E-state index is 13.7. The first kappa shape index (κ1) is 15.7. The minimum atomic E-state index is -4.48. The predicted octanol–water partition coefficient (Wildman–Crippen LogP) is 4.46. The van der Waals surface area contributed by atoms with Gasteiger partial charge in [-0.15, -0.1) is 0 Å². The molecule has 1 rings (SSSR count). The lowest BCUT2D eigenvalue weighted by Gasteiger charge is -2.21. The second-order valence-corrected chi connectivity index (χ2v) is 4.47. The van der Waals surface area contributed by atoms with Crippen LogP contribution in [0.15, 0.2) is 30.4 Å². The van der Waals surface area contributed by atoms with Crippen LogP contribution in [0.5, 0.6) is 0 Å². The van der Waals surface area contributed by atoms with Crippen molar-refractivity contribution in [2.24, 2.45) is 0 Å². The quantitative estimate of drug-likeness (QED) is 0.618. The SMILES string of the molecule is C=C(C)C(NCCC)c1cc(C(F)(F)F)ccc1F. The van der Waals surface area contributed by atoms with Crippen molar-refractivity contribution < 1.29 is 17.6 Å². The Hall–Kier alpha value is -1.36. The van der Waals surface area contributed by atoms with E-state index in [1.807, 2.05) is 6.92 Å². The Labute approximate surface area is 110 Å². The molecule has 19 heavy (non-hydrogen) atoms. The van der Waals surface area contributed by atoms with E-state index in [2.05, 4.69) is 11.9 Å². The van der Waals surface area contributed by atoms with Crippen molar-refractivity contribution in [3.8, 4) is 0 Å². The monoisotopic (exact) mass is 275 g/mol. The van der Waals surface area contributed by atoms with Gasteiger partial charge in [0.15, 0.2) is 0 Å². The van der Waals surface area contributed by atoms with Crippen LogP contribution in [0.4, 0.5) is 17.6 Å². The zero-order valence-electron chi connectivity index (χ0n) is 10.9. The third kappa shape index (κ3) is 4.06. The molecule has 0 amide bonds. The van der Waals surface area contributed by atoms with E-state index >= 15 is 0 Å². The van der Waals surface area contributed by atoms with E-state index in [-0.39, 0.29) is 5.56 Å². The number of benzene rings is 1. The summed E-state index contributed by atoms with van der Waals surface area (Å²) in [4.78, 5) is 0. The van der Waals surface area contributed by atoms with Crippen molar-refractivity contribution in [3.05, 3.63) is 47.3 Å². The first-order valence-electron chi connectivity index (χ1n) is 6.02. The third-order valence-electron chi connectivity index (χ3n) is 2.73. The molecule has 106 valence electrons. The highest BCUT2D eigenvalue weighted by molar-refractivity contribution is 5.33. The average Bonchev–Trinajstić information content (AvgIpc) is 2.29. The van der Waals surface area contributed by atoms with Crippen LogP contribution in [0.25, 0.3) is 0 Å². The van der Waals surface area contributed by atoms with Gasteiger partial charge in [-0.05, 0) is 38.1 Å². The van der Waals surface area contributed by atoms with Gasteiger partial charge in [0.1, 0.15) is 5.82 Å². The molecule has 1 aromatic rings. The maximum absolute atomic E-state index is 13.7. The van der Waals surface area contributed by atoms with Gasteiger partial charge in [0.25, 0.3) is 0 Å². The van der Waals surface area contributed by atoms with E-state index in [4.69, 9.17) is 0 Å². The Morgan fingerprint density at radius 3 is 2.47 bits per heavy atom. The smallest absolute Gasteiger partial charge is 0.306 e. The molecule has 1 aromatic carbocycles. The Bertz CT molecular complexity index is 451. The van der Waals surface area contributed by atoms with Crippen LogP contribution < -0.4 is 5.32 Å². The lowest BCUT2D eigenvalue weighted by Crippen LogP contribution is -2.24. The topological polar surface area (TPSA) is 12.0 Å². The summed E-state index contributed by atoms with van der Waals surface area (Å²) in [5.41, 5.74) is -0.295. The Balaban J connectivity index is 3.18. The molecule has 0 aromatic heterocycles. The van der Waals surface area contributed by atoms with Crippen molar-refractivity contribution in [2.75, 3.05) is 6.54 Å². The molecule has 0 saturated carbocycles. The van der Waals surface area contributed by atoms with Gasteiger partial charge in [-0.2, -0.15) is 13.2 Å². The minimum Gasteiger partial charge on any atom is -0.306 e. The lowest BCUT2D eigenvalue weighted by molar-refractivity contribution is -0.137. The highest BCUT2D eigenvalue weighted by Crippen LogP contribution is 2.33. The van der Waals surface area contributed by atoms with E-state index in [0.717, 1.165) is 24.6 Å². The van der Waals surface area contributed by atoms with Gasteiger partial charge in [0, 0.05) is 5.56 Å². The van der Waals surface area contributed by atoms with Crippen molar-refractivity contribution in [1.82, 2.24) is 5.32 Å². The normalized spacial score (nSPS) is 13.4. The molecule has 0 heterocycles. The predicted molar refractivity (Wildman–Crippen MR) is 67.3 cm³/mol. The van der Waals surface area contributed by atoms with Crippen LogP contribution in [-0.4, -0.2) is 6.54 Å². The van der Waals surface area contributed by atoms with Gasteiger partial charge in [0.05, 0.1) is 11.6 Å². The van der Waals surface area contributed by atoms with Gasteiger partial charge in [-0.1, -0.05) is 19.1 Å². The zero-order valence-corrected chi connectivity index (χ0v) is 10.9. The van der Waals surface area contributed by atoms with Gasteiger partial charge >= 0.3 is 6.18 Å². The summed E-state index contributed by atoms with van der Waals surface area (Å²) < 4.78 is 51.7. The molecule has 1 unspecified atom stereocenters. The largest absolute Gasteiger partial charge is 0.416 e. The fourth-order valence-electron chi connectivity index (χ4n) is 1.78. The van der Waals surface area contributed by atoms with Crippen molar-refractivity contribution in [3.63, 3.8) is 0 Å².